The highest BCUT2D eigenvalue weighted by Crippen LogP contribution is 2.34. The minimum absolute atomic E-state index is 0.0932. The monoisotopic (exact) mass is 762 g/mol. The third-order valence-electron chi connectivity index (χ3n) is 9.67. The minimum Gasteiger partial charge on any atom is -0.481 e. The van der Waals surface area contributed by atoms with Gasteiger partial charge in [-0.15, -0.1) is 0 Å². The van der Waals surface area contributed by atoms with Crippen molar-refractivity contribution in [2.75, 3.05) is 14.2 Å². The Morgan fingerprint density at radius 1 is 0.667 bits per heavy atom. The van der Waals surface area contributed by atoms with E-state index in [0.29, 0.717) is 47.7 Å². The van der Waals surface area contributed by atoms with E-state index in [1.807, 2.05) is 88.4 Å². The molecule has 0 amide bonds. The van der Waals surface area contributed by atoms with Gasteiger partial charge in [-0.05, 0) is 90.9 Å². The number of aromatic amines is 2. The first-order chi connectivity index (χ1) is 25.8. The van der Waals surface area contributed by atoms with Crippen LogP contribution in [0.3, 0.4) is 0 Å². The molecule has 0 radical (unpaired) electrons. The molecule has 276 valence electrons. The lowest BCUT2D eigenvalue weighted by Gasteiger charge is -2.23. The number of nitriles is 2. The molecule has 0 aliphatic heterocycles. The maximum Gasteiger partial charge on any atom is 0.251 e. The molecule has 0 spiro atoms. The van der Waals surface area contributed by atoms with Crippen molar-refractivity contribution in [3.63, 3.8) is 0 Å². The molecule has 0 saturated heterocycles. The number of benzene rings is 2. The van der Waals surface area contributed by atoms with E-state index in [-0.39, 0.29) is 11.1 Å². The van der Waals surface area contributed by atoms with Crippen LogP contribution >= 0.6 is 23.2 Å². The number of H-pyrrole nitrogens is 2. The van der Waals surface area contributed by atoms with Crippen LogP contribution in [-0.4, -0.2) is 34.2 Å². The predicted octanol–water partition coefficient (Wildman–Crippen LogP) is 8.34. The smallest absolute Gasteiger partial charge is 0.251 e. The maximum atomic E-state index is 12.1. The van der Waals surface area contributed by atoms with Crippen molar-refractivity contribution in [1.82, 2.24) is 19.9 Å². The van der Waals surface area contributed by atoms with Crippen LogP contribution < -0.4 is 20.6 Å². The van der Waals surface area contributed by atoms with Gasteiger partial charge in [-0.25, -0.2) is 9.97 Å². The summed E-state index contributed by atoms with van der Waals surface area (Å²) in [7, 11) is 3.05. The number of nitrogens with zero attached hydrogens (tertiary/aromatic N) is 4. The van der Waals surface area contributed by atoms with Crippen LogP contribution in [0.25, 0.3) is 21.8 Å². The summed E-state index contributed by atoms with van der Waals surface area (Å²) in [5.74, 6) is 0.836. The molecule has 2 aromatic carbocycles. The van der Waals surface area contributed by atoms with Crippen molar-refractivity contribution in [2.45, 2.75) is 64.2 Å². The summed E-state index contributed by atoms with van der Waals surface area (Å²) < 4.78 is 10.4. The zero-order valence-electron chi connectivity index (χ0n) is 30.9. The molecule has 2 atom stereocenters. The number of rotatable bonds is 10. The van der Waals surface area contributed by atoms with E-state index >= 15 is 0 Å². The molecule has 0 aliphatic rings. The Balaban J connectivity index is 0.000000208. The first-order valence-corrected chi connectivity index (χ1v) is 18.1. The largest absolute Gasteiger partial charge is 0.481 e. The van der Waals surface area contributed by atoms with Crippen molar-refractivity contribution in [2.24, 2.45) is 0 Å². The van der Waals surface area contributed by atoms with Crippen LogP contribution in [0.5, 0.6) is 11.8 Å². The van der Waals surface area contributed by atoms with E-state index in [1.165, 1.54) is 14.2 Å². The Hall–Kier alpha value is -5.68. The average molecular weight is 764 g/mol. The van der Waals surface area contributed by atoms with E-state index < -0.39 is 10.8 Å². The van der Waals surface area contributed by atoms with Gasteiger partial charge in [0.2, 0.25) is 11.8 Å². The van der Waals surface area contributed by atoms with Crippen LogP contribution in [0.15, 0.2) is 82.4 Å². The molecule has 6 aromatic rings. The van der Waals surface area contributed by atoms with Crippen molar-refractivity contribution < 1.29 is 9.47 Å². The number of methoxy groups -OCH3 is 2. The SMILES string of the molecule is CCc1cc2ccc(C(C)(C#N)Cc3ccc(Cl)nc3OC)cc2[nH]c1=O.CCc1cc2ccc(C(C)(C#N)Cc3ccc(OC)nc3Cl)cc2[nH]c1=O. The van der Waals surface area contributed by atoms with E-state index in [1.54, 1.807) is 12.1 Å². The number of fused-ring (bicyclic) bond motifs is 2. The average Bonchev–Trinajstić information content (AvgIpc) is 3.18. The van der Waals surface area contributed by atoms with Gasteiger partial charge in [0.25, 0.3) is 11.1 Å². The van der Waals surface area contributed by atoms with E-state index in [9.17, 15) is 20.1 Å². The summed E-state index contributed by atoms with van der Waals surface area (Å²) in [5.41, 5.74) is 4.27. The first kappa shape index (κ1) is 39.5. The molecule has 54 heavy (non-hydrogen) atoms. The lowest BCUT2D eigenvalue weighted by molar-refractivity contribution is 0.389. The standard InChI is InChI=1S/2C21H20ClN3O2/c1-4-13-9-14-5-7-16(10-17(14)24-20(13)26)21(2,12-23)11-15-6-8-18(27-3)25-19(15)22;1-4-13-9-14-5-7-16(10-17(14)24-19(13)26)21(2,12-23)11-15-6-8-18(22)25-20(15)27-3/h2*5-10H,4,11H2,1-3H3,(H,24,26). The fraction of sp³-hybridized carbons (Fsp3) is 0.286. The Bertz CT molecular complexity index is 2560. The molecule has 4 heterocycles. The highest BCUT2D eigenvalue weighted by molar-refractivity contribution is 6.30. The Kier molecular flexibility index (Phi) is 12.1. The second-order valence-electron chi connectivity index (χ2n) is 13.4. The lowest BCUT2D eigenvalue weighted by atomic mass is 9.78. The number of hydrogen-bond acceptors (Lipinski definition) is 8. The van der Waals surface area contributed by atoms with Crippen LogP contribution in [0.1, 0.15) is 61.1 Å². The Morgan fingerprint density at radius 2 is 1.17 bits per heavy atom. The zero-order valence-corrected chi connectivity index (χ0v) is 32.4. The Morgan fingerprint density at radius 3 is 1.61 bits per heavy atom. The summed E-state index contributed by atoms with van der Waals surface area (Å²) in [6.45, 7) is 7.61. The second-order valence-corrected chi connectivity index (χ2v) is 14.2. The number of nitrogens with one attached hydrogen (secondary N) is 2. The summed E-state index contributed by atoms with van der Waals surface area (Å²) in [6.07, 6.45) is 2.14. The summed E-state index contributed by atoms with van der Waals surface area (Å²) in [4.78, 5) is 38.5. The maximum absolute atomic E-state index is 12.1. The molecule has 12 heteroatoms. The summed E-state index contributed by atoms with van der Waals surface area (Å²) in [5, 5.41) is 22.4. The van der Waals surface area contributed by atoms with Crippen LogP contribution in [0.4, 0.5) is 0 Å². The quantitative estimate of drug-likeness (QED) is 0.132. The molecule has 10 nitrogen and oxygen atoms in total. The fourth-order valence-electron chi connectivity index (χ4n) is 6.33. The molecule has 0 aliphatic carbocycles. The van der Waals surface area contributed by atoms with Gasteiger partial charge in [0.15, 0.2) is 0 Å². The number of halogens is 2. The van der Waals surface area contributed by atoms with E-state index in [0.717, 1.165) is 55.2 Å². The molecule has 4 aromatic heterocycles. The van der Waals surface area contributed by atoms with Crippen molar-refractivity contribution in [3.05, 3.63) is 137 Å². The normalized spacial score (nSPS) is 13.1. The van der Waals surface area contributed by atoms with Gasteiger partial charge in [-0.3, -0.25) is 9.59 Å². The number of pyridine rings is 4. The third-order valence-corrected chi connectivity index (χ3v) is 10.2. The van der Waals surface area contributed by atoms with Crippen molar-refractivity contribution in [1.29, 1.82) is 10.5 Å². The molecule has 2 N–H and O–H groups in total. The van der Waals surface area contributed by atoms with Gasteiger partial charge in [0, 0.05) is 40.2 Å². The lowest BCUT2D eigenvalue weighted by Crippen LogP contribution is -2.23. The molecule has 0 fully saturated rings. The highest BCUT2D eigenvalue weighted by Gasteiger charge is 2.30. The van der Waals surface area contributed by atoms with Crippen LogP contribution in [0, 0.1) is 22.7 Å². The zero-order chi connectivity index (χ0) is 39.2. The predicted molar refractivity (Wildman–Crippen MR) is 213 cm³/mol. The first-order valence-electron chi connectivity index (χ1n) is 17.3. The van der Waals surface area contributed by atoms with Gasteiger partial charge in [-0.2, -0.15) is 10.5 Å². The molecular formula is C42H40Cl2N6O4. The third kappa shape index (κ3) is 8.42. The number of aryl methyl sites for hydroxylation is 2. The molecule has 6 rings (SSSR count). The van der Waals surface area contributed by atoms with Gasteiger partial charge in [0.1, 0.15) is 10.3 Å². The van der Waals surface area contributed by atoms with Gasteiger partial charge in [0.05, 0.1) is 37.2 Å². The van der Waals surface area contributed by atoms with Gasteiger partial charge < -0.3 is 19.4 Å². The summed E-state index contributed by atoms with van der Waals surface area (Å²) >= 11 is 12.2. The highest BCUT2D eigenvalue weighted by atomic mass is 35.5. The minimum atomic E-state index is -0.825. The molecule has 2 unspecified atom stereocenters. The molecular weight excluding hydrogens is 723 g/mol. The van der Waals surface area contributed by atoms with Crippen molar-refractivity contribution >= 4 is 45.0 Å². The van der Waals surface area contributed by atoms with E-state index in [4.69, 9.17) is 32.7 Å². The fourth-order valence-corrected chi connectivity index (χ4v) is 6.68. The Labute approximate surface area is 323 Å². The van der Waals surface area contributed by atoms with Gasteiger partial charge in [-0.1, -0.05) is 73.4 Å². The summed E-state index contributed by atoms with van der Waals surface area (Å²) in [6, 6.07) is 27.1. The molecule has 0 bridgehead atoms. The van der Waals surface area contributed by atoms with E-state index in [2.05, 4.69) is 32.1 Å². The second kappa shape index (κ2) is 16.6. The van der Waals surface area contributed by atoms with Crippen molar-refractivity contribution in [3.8, 4) is 23.9 Å². The topological polar surface area (TPSA) is 158 Å². The van der Waals surface area contributed by atoms with Gasteiger partial charge >= 0.3 is 0 Å². The van der Waals surface area contributed by atoms with Crippen LogP contribution in [-0.2, 0) is 36.5 Å². The molecule has 0 saturated carbocycles. The number of aromatic nitrogens is 4. The number of hydrogen-bond donors (Lipinski definition) is 2. The number of ether oxygens (including phenoxy) is 2. The van der Waals surface area contributed by atoms with Crippen LogP contribution in [0.2, 0.25) is 10.3 Å².